The van der Waals surface area contributed by atoms with Crippen molar-refractivity contribution in [2.75, 3.05) is 6.61 Å². The Morgan fingerprint density at radius 2 is 1.50 bits per heavy atom. The molecule has 1 aliphatic rings. The summed E-state index contributed by atoms with van der Waals surface area (Å²) in [5.74, 6) is 1.12. The number of hydrogen-bond donors (Lipinski definition) is 1. The minimum Gasteiger partial charge on any atom is -0.508 e. The fourth-order valence-corrected chi connectivity index (χ4v) is 2.25. The van der Waals surface area contributed by atoms with Crippen molar-refractivity contribution in [3.63, 3.8) is 0 Å². The first-order valence-electron chi connectivity index (χ1n) is 6.74. The van der Waals surface area contributed by atoms with E-state index in [1.807, 2.05) is 24.3 Å². The van der Waals surface area contributed by atoms with Gasteiger partial charge in [0.15, 0.2) is 0 Å². The van der Waals surface area contributed by atoms with E-state index in [1.165, 1.54) is 5.56 Å². The predicted octanol–water partition coefficient (Wildman–Crippen LogP) is 3.45. The summed E-state index contributed by atoms with van der Waals surface area (Å²) in [6, 6.07) is 15.4. The second-order valence-electron chi connectivity index (χ2n) is 5.58. The number of ether oxygens (including phenoxy) is 2. The molecule has 0 aromatic heterocycles. The van der Waals surface area contributed by atoms with Crippen LogP contribution in [0.25, 0.3) is 0 Å². The Morgan fingerprint density at radius 1 is 1.00 bits per heavy atom. The summed E-state index contributed by atoms with van der Waals surface area (Å²) in [6.45, 7) is 5.01. The molecule has 0 bridgehead atoms. The number of rotatable bonds is 4. The van der Waals surface area contributed by atoms with Crippen LogP contribution in [-0.4, -0.2) is 18.0 Å². The van der Waals surface area contributed by atoms with Gasteiger partial charge in [-0.3, -0.25) is 0 Å². The molecule has 3 rings (SSSR count). The predicted molar refractivity (Wildman–Crippen MR) is 77.0 cm³/mol. The molecule has 0 aliphatic carbocycles. The Hall–Kier alpha value is -2.00. The highest BCUT2D eigenvalue weighted by Crippen LogP contribution is 2.33. The minimum absolute atomic E-state index is 0.0639. The molecule has 1 N–H and O–H groups in total. The smallest absolute Gasteiger partial charge is 0.223 e. The topological polar surface area (TPSA) is 42.0 Å². The highest BCUT2D eigenvalue weighted by atomic mass is 16.8. The number of epoxide rings is 1. The zero-order chi connectivity index (χ0) is 14.2. The fraction of sp³-hybridized carbons (Fsp3) is 0.294. The third-order valence-corrected chi connectivity index (χ3v) is 3.74. The highest BCUT2D eigenvalue weighted by molar-refractivity contribution is 5.41. The maximum Gasteiger partial charge on any atom is 0.223 e. The van der Waals surface area contributed by atoms with Crippen LogP contribution < -0.4 is 4.74 Å². The molecule has 0 saturated carbocycles. The van der Waals surface area contributed by atoms with Gasteiger partial charge in [-0.15, -0.1) is 0 Å². The molecule has 1 heterocycles. The third-order valence-electron chi connectivity index (χ3n) is 3.74. The number of phenolic OH excluding ortho intramolecular Hbond substituents is 1. The second-order valence-corrected chi connectivity index (χ2v) is 5.58. The first-order valence-corrected chi connectivity index (χ1v) is 6.74. The zero-order valence-electron chi connectivity index (χ0n) is 11.7. The van der Waals surface area contributed by atoms with Crippen molar-refractivity contribution >= 4 is 0 Å². The van der Waals surface area contributed by atoms with E-state index in [4.69, 9.17) is 9.47 Å². The van der Waals surface area contributed by atoms with Crippen molar-refractivity contribution in [2.45, 2.75) is 25.6 Å². The molecule has 2 aromatic carbocycles. The SMILES string of the molecule is CC(C)(c1ccc(O)cc1)c1ccc(OC2CO2)cc1. The molecule has 1 aliphatic heterocycles. The number of benzene rings is 2. The number of phenols is 1. The van der Waals surface area contributed by atoms with Crippen LogP contribution in [0.4, 0.5) is 0 Å². The van der Waals surface area contributed by atoms with Gasteiger partial charge in [0.1, 0.15) is 18.1 Å². The molecule has 2 aromatic rings. The second kappa shape index (κ2) is 4.84. The van der Waals surface area contributed by atoms with Crippen molar-refractivity contribution in [2.24, 2.45) is 0 Å². The van der Waals surface area contributed by atoms with Crippen molar-refractivity contribution in [3.8, 4) is 11.5 Å². The van der Waals surface area contributed by atoms with Gasteiger partial charge in [-0.05, 0) is 35.4 Å². The fourth-order valence-electron chi connectivity index (χ4n) is 2.25. The lowest BCUT2D eigenvalue weighted by Gasteiger charge is -2.26. The van der Waals surface area contributed by atoms with Crippen LogP contribution in [0.3, 0.4) is 0 Å². The Labute approximate surface area is 118 Å². The Morgan fingerprint density at radius 3 is 2.00 bits per heavy atom. The number of hydrogen-bond acceptors (Lipinski definition) is 3. The van der Waals surface area contributed by atoms with Gasteiger partial charge in [0.2, 0.25) is 6.29 Å². The van der Waals surface area contributed by atoms with Crippen molar-refractivity contribution in [1.29, 1.82) is 0 Å². The monoisotopic (exact) mass is 270 g/mol. The molecule has 0 amide bonds. The summed E-state index contributed by atoms with van der Waals surface area (Å²) in [7, 11) is 0. The van der Waals surface area contributed by atoms with Crippen LogP contribution in [-0.2, 0) is 10.2 Å². The maximum atomic E-state index is 9.39. The average Bonchev–Trinajstić information content (AvgIpc) is 3.24. The lowest BCUT2D eigenvalue weighted by Crippen LogP contribution is -2.18. The van der Waals surface area contributed by atoms with Crippen LogP contribution in [0.5, 0.6) is 11.5 Å². The summed E-state index contributed by atoms with van der Waals surface area (Å²) in [5, 5.41) is 9.39. The molecule has 104 valence electrons. The minimum atomic E-state index is -0.123. The molecule has 20 heavy (non-hydrogen) atoms. The summed E-state index contributed by atoms with van der Waals surface area (Å²) >= 11 is 0. The van der Waals surface area contributed by atoms with Gasteiger partial charge < -0.3 is 14.6 Å². The van der Waals surface area contributed by atoms with E-state index in [-0.39, 0.29) is 17.5 Å². The molecule has 1 saturated heterocycles. The first-order chi connectivity index (χ1) is 9.55. The van der Waals surface area contributed by atoms with Gasteiger partial charge >= 0.3 is 0 Å². The van der Waals surface area contributed by atoms with Gasteiger partial charge in [-0.1, -0.05) is 38.1 Å². The largest absolute Gasteiger partial charge is 0.508 e. The van der Waals surface area contributed by atoms with E-state index in [0.717, 1.165) is 11.3 Å². The summed E-state index contributed by atoms with van der Waals surface area (Å²) < 4.78 is 10.6. The van der Waals surface area contributed by atoms with E-state index in [9.17, 15) is 5.11 Å². The van der Waals surface area contributed by atoms with E-state index in [0.29, 0.717) is 6.61 Å². The van der Waals surface area contributed by atoms with Crippen molar-refractivity contribution < 1.29 is 14.6 Å². The normalized spacial score (nSPS) is 17.8. The molecule has 0 radical (unpaired) electrons. The standard InChI is InChI=1S/C17H18O3/c1-17(2,12-3-7-14(18)8-4-12)13-5-9-15(10-6-13)20-16-11-19-16/h3-10,16,18H,11H2,1-2H3. The lowest BCUT2D eigenvalue weighted by atomic mass is 9.78. The molecule has 3 heteroatoms. The van der Waals surface area contributed by atoms with Crippen LogP contribution in [0, 0.1) is 0 Å². The van der Waals surface area contributed by atoms with Crippen LogP contribution >= 0.6 is 0 Å². The van der Waals surface area contributed by atoms with Gasteiger partial charge in [-0.25, -0.2) is 0 Å². The third kappa shape index (κ3) is 2.63. The van der Waals surface area contributed by atoms with Gasteiger partial charge in [0, 0.05) is 5.41 Å². The van der Waals surface area contributed by atoms with Crippen molar-refractivity contribution in [3.05, 3.63) is 59.7 Å². The Kier molecular flexibility index (Phi) is 3.14. The molecular weight excluding hydrogens is 252 g/mol. The molecule has 1 atom stereocenters. The molecule has 1 fully saturated rings. The Bertz CT molecular complexity index is 581. The first kappa shape index (κ1) is 13.0. The average molecular weight is 270 g/mol. The van der Waals surface area contributed by atoms with Crippen LogP contribution in [0.1, 0.15) is 25.0 Å². The highest BCUT2D eigenvalue weighted by Gasteiger charge is 2.26. The molecule has 0 spiro atoms. The van der Waals surface area contributed by atoms with Crippen molar-refractivity contribution in [1.82, 2.24) is 0 Å². The Balaban J connectivity index is 1.83. The van der Waals surface area contributed by atoms with E-state index >= 15 is 0 Å². The maximum absolute atomic E-state index is 9.39. The summed E-state index contributed by atoms with van der Waals surface area (Å²) in [6.07, 6.45) is -0.0639. The van der Waals surface area contributed by atoms with Gasteiger partial charge in [0.25, 0.3) is 0 Å². The molecule has 1 unspecified atom stereocenters. The van der Waals surface area contributed by atoms with Crippen LogP contribution in [0.2, 0.25) is 0 Å². The van der Waals surface area contributed by atoms with E-state index in [1.54, 1.807) is 12.1 Å². The molecule has 3 nitrogen and oxygen atoms in total. The zero-order valence-corrected chi connectivity index (χ0v) is 11.7. The van der Waals surface area contributed by atoms with Crippen LogP contribution in [0.15, 0.2) is 48.5 Å². The summed E-state index contributed by atoms with van der Waals surface area (Å²) in [4.78, 5) is 0. The van der Waals surface area contributed by atoms with E-state index in [2.05, 4.69) is 26.0 Å². The van der Waals surface area contributed by atoms with Gasteiger partial charge in [-0.2, -0.15) is 0 Å². The number of aromatic hydroxyl groups is 1. The molecular formula is C17H18O3. The summed E-state index contributed by atoms with van der Waals surface area (Å²) in [5.41, 5.74) is 2.24. The lowest BCUT2D eigenvalue weighted by molar-refractivity contribution is 0.179. The quantitative estimate of drug-likeness (QED) is 0.865. The van der Waals surface area contributed by atoms with E-state index < -0.39 is 0 Å². The van der Waals surface area contributed by atoms with Gasteiger partial charge in [0.05, 0.1) is 0 Å².